The minimum absolute atomic E-state index is 0.0571. The number of hydrogen-bond donors (Lipinski definition) is 1. The van der Waals surface area contributed by atoms with Gasteiger partial charge in [0, 0.05) is 0 Å². The van der Waals surface area contributed by atoms with E-state index >= 15 is 0 Å². The summed E-state index contributed by atoms with van der Waals surface area (Å²) in [4.78, 5) is 12.1. The van der Waals surface area contributed by atoms with Crippen LogP contribution in [-0.4, -0.2) is 18.2 Å². The smallest absolute Gasteiger partial charge is 0.277 e. The second-order valence-corrected chi connectivity index (χ2v) is 9.00. The van der Waals surface area contributed by atoms with Gasteiger partial charge in [-0.1, -0.05) is 45.1 Å². The molecule has 146 valence electrons. The molecule has 0 saturated heterocycles. The fraction of sp³-hybridized carbons (Fsp3) is 0.455. The SMILES string of the molecule is C=C(C)[C@@H]1CC=C(C)C(=NNC(=O)COc2ccc(C(C)(C)C)cc2Br)C1. The van der Waals surface area contributed by atoms with E-state index in [0.29, 0.717) is 11.7 Å². The van der Waals surface area contributed by atoms with E-state index in [2.05, 4.69) is 59.9 Å². The van der Waals surface area contributed by atoms with Crippen molar-refractivity contribution in [2.24, 2.45) is 11.0 Å². The average molecular weight is 433 g/mol. The Hall–Kier alpha value is -1.88. The predicted molar refractivity (Wildman–Crippen MR) is 115 cm³/mol. The van der Waals surface area contributed by atoms with Crippen molar-refractivity contribution in [2.45, 2.75) is 52.9 Å². The van der Waals surface area contributed by atoms with Gasteiger partial charge in [-0.2, -0.15) is 5.10 Å². The standard InChI is InChI=1S/C22H29BrN2O2/c1-14(2)16-8-7-15(3)19(11-16)24-25-21(26)13-27-20-10-9-17(12-18(20)23)22(4,5)6/h7,9-10,12,16H,1,8,11,13H2,2-6H3,(H,25,26)/t16-/m1/s1. The lowest BCUT2D eigenvalue weighted by molar-refractivity contribution is -0.123. The van der Waals surface area contributed by atoms with E-state index in [0.717, 1.165) is 34.2 Å². The van der Waals surface area contributed by atoms with E-state index in [4.69, 9.17) is 4.74 Å². The number of hydrazone groups is 1. The lowest BCUT2D eigenvalue weighted by Gasteiger charge is -2.22. The summed E-state index contributed by atoms with van der Waals surface area (Å²) in [6.45, 7) is 14.5. The number of rotatable bonds is 5. The molecule has 0 heterocycles. The summed E-state index contributed by atoms with van der Waals surface area (Å²) in [6, 6.07) is 5.93. The molecule has 1 aliphatic carbocycles. The first-order chi connectivity index (χ1) is 12.6. The minimum Gasteiger partial charge on any atom is -0.483 e. The van der Waals surface area contributed by atoms with Gasteiger partial charge in [-0.15, -0.1) is 0 Å². The summed E-state index contributed by atoms with van der Waals surface area (Å²) in [7, 11) is 0. The van der Waals surface area contributed by atoms with Crippen LogP contribution in [0.1, 0.15) is 53.0 Å². The number of carbonyl (C=O) groups is 1. The van der Waals surface area contributed by atoms with Crippen LogP contribution in [0.5, 0.6) is 5.75 Å². The van der Waals surface area contributed by atoms with E-state index in [-0.39, 0.29) is 17.9 Å². The monoisotopic (exact) mass is 432 g/mol. The lowest BCUT2D eigenvalue weighted by atomic mass is 9.85. The van der Waals surface area contributed by atoms with E-state index in [1.807, 2.05) is 32.0 Å². The number of hydrogen-bond acceptors (Lipinski definition) is 3. The van der Waals surface area contributed by atoms with Gasteiger partial charge < -0.3 is 4.74 Å². The molecule has 2 rings (SSSR count). The van der Waals surface area contributed by atoms with Gasteiger partial charge in [0.15, 0.2) is 6.61 Å². The maximum Gasteiger partial charge on any atom is 0.277 e. The van der Waals surface area contributed by atoms with Crippen molar-refractivity contribution in [1.82, 2.24) is 5.43 Å². The molecule has 1 amide bonds. The van der Waals surface area contributed by atoms with Crippen LogP contribution in [0.2, 0.25) is 0 Å². The Labute approximate surface area is 170 Å². The van der Waals surface area contributed by atoms with Crippen LogP contribution in [-0.2, 0) is 10.2 Å². The van der Waals surface area contributed by atoms with Crippen LogP contribution in [0.3, 0.4) is 0 Å². The molecule has 4 nitrogen and oxygen atoms in total. The van der Waals surface area contributed by atoms with Gasteiger partial charge in [0.1, 0.15) is 5.75 Å². The molecule has 0 spiro atoms. The molecule has 0 aliphatic heterocycles. The molecule has 1 aromatic carbocycles. The fourth-order valence-corrected chi connectivity index (χ4v) is 3.31. The number of allylic oxidation sites excluding steroid dienone is 3. The number of ether oxygens (including phenoxy) is 1. The van der Waals surface area contributed by atoms with Crippen molar-refractivity contribution in [3.05, 3.63) is 52.0 Å². The second kappa shape index (κ2) is 8.87. The quantitative estimate of drug-likeness (QED) is 0.490. The van der Waals surface area contributed by atoms with Crippen molar-refractivity contribution in [2.75, 3.05) is 6.61 Å². The maximum atomic E-state index is 12.1. The highest BCUT2D eigenvalue weighted by Crippen LogP contribution is 2.31. The molecule has 5 heteroatoms. The number of halogens is 1. The molecule has 27 heavy (non-hydrogen) atoms. The summed E-state index contributed by atoms with van der Waals surface area (Å²) < 4.78 is 6.47. The molecule has 1 aliphatic rings. The Balaban J connectivity index is 1.94. The first-order valence-electron chi connectivity index (χ1n) is 9.18. The molecule has 0 fully saturated rings. The molecular weight excluding hydrogens is 404 g/mol. The zero-order valence-electron chi connectivity index (χ0n) is 16.9. The summed E-state index contributed by atoms with van der Waals surface area (Å²) in [5.74, 6) is 0.749. The Morgan fingerprint density at radius 2 is 2.11 bits per heavy atom. The number of carbonyl (C=O) groups excluding carboxylic acids is 1. The Bertz CT molecular complexity index is 788. The third-order valence-corrected chi connectivity index (χ3v) is 5.39. The zero-order valence-corrected chi connectivity index (χ0v) is 18.4. The normalized spacial score (nSPS) is 18.8. The third-order valence-electron chi connectivity index (χ3n) is 4.77. The predicted octanol–water partition coefficient (Wildman–Crippen LogP) is 5.53. The summed E-state index contributed by atoms with van der Waals surface area (Å²) in [5, 5.41) is 4.29. The van der Waals surface area contributed by atoms with Gasteiger partial charge in [-0.25, -0.2) is 5.43 Å². The highest BCUT2D eigenvalue weighted by atomic mass is 79.9. The largest absolute Gasteiger partial charge is 0.483 e. The van der Waals surface area contributed by atoms with Gasteiger partial charge in [0.25, 0.3) is 5.91 Å². The highest BCUT2D eigenvalue weighted by molar-refractivity contribution is 9.10. The van der Waals surface area contributed by atoms with Crippen molar-refractivity contribution in [1.29, 1.82) is 0 Å². The first kappa shape index (κ1) is 21.4. The molecule has 1 aromatic rings. The lowest BCUT2D eigenvalue weighted by Crippen LogP contribution is -2.27. The van der Waals surface area contributed by atoms with Gasteiger partial charge in [0.05, 0.1) is 10.2 Å². The molecule has 1 atom stereocenters. The van der Waals surface area contributed by atoms with Crippen LogP contribution in [0, 0.1) is 5.92 Å². The van der Waals surface area contributed by atoms with Crippen LogP contribution < -0.4 is 10.2 Å². The van der Waals surface area contributed by atoms with Gasteiger partial charge in [-0.05, 0) is 77.2 Å². The second-order valence-electron chi connectivity index (χ2n) is 8.15. The zero-order chi connectivity index (χ0) is 20.2. The van der Waals surface area contributed by atoms with Gasteiger partial charge in [0.2, 0.25) is 0 Å². The number of nitrogens with zero attached hydrogens (tertiary/aromatic N) is 1. The third kappa shape index (κ3) is 6.06. The van der Waals surface area contributed by atoms with Crippen molar-refractivity contribution in [3.63, 3.8) is 0 Å². The number of amides is 1. The molecule has 0 bridgehead atoms. The minimum atomic E-state index is -0.278. The van der Waals surface area contributed by atoms with E-state index in [1.165, 1.54) is 5.56 Å². The van der Waals surface area contributed by atoms with Crippen LogP contribution >= 0.6 is 15.9 Å². The topological polar surface area (TPSA) is 50.7 Å². The molecule has 0 aromatic heterocycles. The van der Waals surface area contributed by atoms with E-state index in [9.17, 15) is 4.79 Å². The van der Waals surface area contributed by atoms with E-state index in [1.54, 1.807) is 0 Å². The molecule has 0 unspecified atom stereocenters. The molecule has 1 N–H and O–H groups in total. The van der Waals surface area contributed by atoms with Crippen molar-refractivity contribution in [3.8, 4) is 5.75 Å². The highest BCUT2D eigenvalue weighted by Gasteiger charge is 2.19. The summed E-state index contributed by atoms with van der Waals surface area (Å²) >= 11 is 3.52. The summed E-state index contributed by atoms with van der Waals surface area (Å²) in [5.41, 5.74) is 7.01. The number of benzene rings is 1. The molecule has 0 saturated carbocycles. The fourth-order valence-electron chi connectivity index (χ4n) is 2.81. The van der Waals surface area contributed by atoms with Crippen LogP contribution in [0.15, 0.2) is 51.6 Å². The van der Waals surface area contributed by atoms with Crippen LogP contribution in [0.4, 0.5) is 0 Å². The van der Waals surface area contributed by atoms with Crippen molar-refractivity contribution >= 4 is 27.5 Å². The Kier molecular flexibility index (Phi) is 7.04. The van der Waals surface area contributed by atoms with E-state index < -0.39 is 0 Å². The first-order valence-corrected chi connectivity index (χ1v) is 9.98. The Morgan fingerprint density at radius 3 is 2.70 bits per heavy atom. The van der Waals surface area contributed by atoms with Gasteiger partial charge in [-0.3, -0.25) is 4.79 Å². The maximum absolute atomic E-state index is 12.1. The summed E-state index contributed by atoms with van der Waals surface area (Å²) in [6.07, 6.45) is 3.94. The van der Waals surface area contributed by atoms with Gasteiger partial charge >= 0.3 is 0 Å². The molecule has 0 radical (unpaired) electrons. The number of nitrogens with one attached hydrogen (secondary N) is 1. The Morgan fingerprint density at radius 1 is 1.41 bits per heavy atom. The van der Waals surface area contributed by atoms with Crippen molar-refractivity contribution < 1.29 is 9.53 Å². The average Bonchev–Trinajstić information content (AvgIpc) is 2.58. The van der Waals surface area contributed by atoms with Crippen LogP contribution in [0.25, 0.3) is 0 Å². The molecular formula is C22H29BrN2O2.